The van der Waals surface area contributed by atoms with Crippen molar-refractivity contribution in [2.24, 2.45) is 7.05 Å². The normalized spacial score (nSPS) is 18.0. The number of carbonyl (C=O) groups excluding carboxylic acids is 2. The van der Waals surface area contributed by atoms with Crippen LogP contribution in [-0.4, -0.2) is 77.8 Å². The molecule has 32 heavy (non-hydrogen) atoms. The molecule has 1 aliphatic heterocycles. The van der Waals surface area contributed by atoms with Crippen LogP contribution in [0, 0.1) is 13.8 Å². The molecule has 3 rings (SSSR count). The number of ether oxygens (including phenoxy) is 2. The van der Waals surface area contributed by atoms with Gasteiger partial charge >= 0.3 is 0 Å². The first-order valence-electron chi connectivity index (χ1n) is 10.3. The van der Waals surface area contributed by atoms with Crippen molar-refractivity contribution in [1.29, 1.82) is 0 Å². The van der Waals surface area contributed by atoms with Gasteiger partial charge in [-0.1, -0.05) is 0 Å². The molecular formula is C23H30N4O5. The quantitative estimate of drug-likeness (QED) is 0.398. The van der Waals surface area contributed by atoms with Crippen LogP contribution in [0.5, 0.6) is 11.5 Å². The SMILES string of the molecule is COc1ccc(OC)c([C@@H]2C(=C(O)c3c(C)nn(C)c3C)C(=O)C(=O)N2CCN(C)C)c1. The first-order valence-corrected chi connectivity index (χ1v) is 10.3. The number of aromatic nitrogens is 2. The second-order valence-electron chi connectivity index (χ2n) is 8.07. The maximum Gasteiger partial charge on any atom is 0.295 e. The molecule has 0 radical (unpaired) electrons. The Morgan fingerprint density at radius 3 is 2.41 bits per heavy atom. The molecule has 1 aliphatic rings. The lowest BCUT2D eigenvalue weighted by Gasteiger charge is -2.28. The number of likely N-dealkylation sites (tertiary alicyclic amines) is 1. The van der Waals surface area contributed by atoms with Crippen LogP contribution in [0.3, 0.4) is 0 Å². The van der Waals surface area contributed by atoms with Crippen molar-refractivity contribution in [3.05, 3.63) is 46.3 Å². The van der Waals surface area contributed by atoms with E-state index in [4.69, 9.17) is 9.47 Å². The molecule has 9 nitrogen and oxygen atoms in total. The minimum Gasteiger partial charge on any atom is -0.507 e. The summed E-state index contributed by atoms with van der Waals surface area (Å²) in [4.78, 5) is 29.7. The summed E-state index contributed by atoms with van der Waals surface area (Å²) in [5.41, 5.74) is 2.28. The number of hydrogen-bond donors (Lipinski definition) is 1. The number of nitrogens with zero attached hydrogens (tertiary/aromatic N) is 4. The predicted molar refractivity (Wildman–Crippen MR) is 120 cm³/mol. The Bertz CT molecular complexity index is 1090. The molecular weight excluding hydrogens is 412 g/mol. The van der Waals surface area contributed by atoms with E-state index in [1.54, 1.807) is 43.8 Å². The summed E-state index contributed by atoms with van der Waals surface area (Å²) in [6.45, 7) is 4.40. The summed E-state index contributed by atoms with van der Waals surface area (Å²) >= 11 is 0. The van der Waals surface area contributed by atoms with Crippen LogP contribution < -0.4 is 9.47 Å². The Morgan fingerprint density at radius 1 is 1.19 bits per heavy atom. The van der Waals surface area contributed by atoms with E-state index < -0.39 is 17.7 Å². The molecule has 0 unspecified atom stereocenters. The summed E-state index contributed by atoms with van der Waals surface area (Å²) in [5, 5.41) is 15.7. The minimum absolute atomic E-state index is 0.0134. The van der Waals surface area contributed by atoms with Gasteiger partial charge in [0.25, 0.3) is 11.7 Å². The van der Waals surface area contributed by atoms with Crippen molar-refractivity contribution in [2.45, 2.75) is 19.9 Å². The Balaban J connectivity index is 2.30. The maximum atomic E-state index is 13.2. The van der Waals surface area contributed by atoms with Gasteiger partial charge in [-0.3, -0.25) is 14.3 Å². The van der Waals surface area contributed by atoms with Crippen LogP contribution in [0.1, 0.15) is 28.6 Å². The Morgan fingerprint density at radius 2 is 1.88 bits per heavy atom. The summed E-state index contributed by atoms with van der Waals surface area (Å²) in [5.74, 6) is -0.610. The fourth-order valence-corrected chi connectivity index (χ4v) is 4.05. The fourth-order valence-electron chi connectivity index (χ4n) is 4.05. The Labute approximate surface area is 187 Å². The molecule has 1 aromatic carbocycles. The van der Waals surface area contributed by atoms with Crippen molar-refractivity contribution >= 4 is 17.4 Å². The molecule has 1 amide bonds. The topological polar surface area (TPSA) is 97.1 Å². The molecule has 1 aromatic heterocycles. The van der Waals surface area contributed by atoms with Crippen molar-refractivity contribution in [3.63, 3.8) is 0 Å². The first kappa shape index (κ1) is 23.3. The molecule has 1 saturated heterocycles. The molecule has 2 heterocycles. The van der Waals surface area contributed by atoms with E-state index in [9.17, 15) is 14.7 Å². The number of methoxy groups -OCH3 is 2. The van der Waals surface area contributed by atoms with E-state index in [0.29, 0.717) is 47.1 Å². The molecule has 1 fully saturated rings. The van der Waals surface area contributed by atoms with E-state index in [2.05, 4.69) is 5.10 Å². The maximum absolute atomic E-state index is 13.2. The lowest BCUT2D eigenvalue weighted by molar-refractivity contribution is -0.140. The largest absolute Gasteiger partial charge is 0.507 e. The van der Waals surface area contributed by atoms with Gasteiger partial charge in [0.2, 0.25) is 0 Å². The predicted octanol–water partition coefficient (Wildman–Crippen LogP) is 2.04. The first-order chi connectivity index (χ1) is 15.1. The number of aryl methyl sites for hydroxylation is 2. The number of ketones is 1. The molecule has 172 valence electrons. The second-order valence-corrected chi connectivity index (χ2v) is 8.07. The Hall–Kier alpha value is -3.33. The minimum atomic E-state index is -0.834. The highest BCUT2D eigenvalue weighted by molar-refractivity contribution is 6.46. The summed E-state index contributed by atoms with van der Waals surface area (Å²) in [6, 6.07) is 4.36. The third kappa shape index (κ3) is 3.95. The fraction of sp³-hybridized carbons (Fsp3) is 0.435. The second kappa shape index (κ2) is 9.04. The number of aliphatic hydroxyl groups excluding tert-OH is 1. The molecule has 0 saturated carbocycles. The standard InChI is InChI=1S/C23H30N4O5/c1-13-18(14(2)26(5)24-13)21(28)19-20(16-12-15(31-6)8-9-17(16)32-7)27(11-10-25(3)4)23(30)22(19)29/h8-9,12,20,28H,10-11H2,1-7H3/t20-/m1/s1. The zero-order chi connectivity index (χ0) is 23.7. The average Bonchev–Trinajstić information content (AvgIpc) is 3.16. The number of rotatable bonds is 7. The summed E-state index contributed by atoms with van der Waals surface area (Å²) in [7, 11) is 8.60. The molecule has 1 atom stereocenters. The van der Waals surface area contributed by atoms with Crippen LogP contribution in [0.15, 0.2) is 23.8 Å². The molecule has 2 aromatic rings. The zero-order valence-electron chi connectivity index (χ0n) is 19.6. The van der Waals surface area contributed by atoms with E-state index >= 15 is 0 Å². The van der Waals surface area contributed by atoms with E-state index in [-0.39, 0.29) is 11.3 Å². The smallest absolute Gasteiger partial charge is 0.295 e. The van der Waals surface area contributed by atoms with Gasteiger partial charge in [-0.15, -0.1) is 0 Å². The van der Waals surface area contributed by atoms with Crippen LogP contribution >= 0.6 is 0 Å². The lowest BCUT2D eigenvalue weighted by Crippen LogP contribution is -2.35. The summed E-state index contributed by atoms with van der Waals surface area (Å²) in [6.07, 6.45) is 0. The third-order valence-electron chi connectivity index (χ3n) is 5.81. The van der Waals surface area contributed by atoms with Gasteiger partial charge in [-0.2, -0.15) is 5.10 Å². The van der Waals surface area contributed by atoms with Gasteiger partial charge < -0.3 is 24.4 Å². The van der Waals surface area contributed by atoms with Crippen LogP contribution in [0.2, 0.25) is 0 Å². The van der Waals surface area contributed by atoms with E-state index in [1.165, 1.54) is 19.1 Å². The number of carbonyl (C=O) groups is 2. The van der Waals surface area contributed by atoms with Gasteiger partial charge in [0.15, 0.2) is 0 Å². The third-order valence-corrected chi connectivity index (χ3v) is 5.81. The number of benzene rings is 1. The van der Waals surface area contributed by atoms with Gasteiger partial charge in [0, 0.05) is 31.4 Å². The molecule has 0 spiro atoms. The zero-order valence-corrected chi connectivity index (χ0v) is 19.6. The monoisotopic (exact) mass is 442 g/mol. The number of aliphatic hydroxyl groups is 1. The number of Topliss-reactive ketones (excluding diaryl/α,β-unsaturated/α-hetero) is 1. The van der Waals surface area contributed by atoms with Gasteiger partial charge in [0.05, 0.1) is 37.1 Å². The number of hydrogen-bond acceptors (Lipinski definition) is 7. The van der Waals surface area contributed by atoms with Crippen molar-refractivity contribution in [3.8, 4) is 11.5 Å². The van der Waals surface area contributed by atoms with Crippen molar-refractivity contribution in [1.82, 2.24) is 19.6 Å². The van der Waals surface area contributed by atoms with Crippen LogP contribution in [-0.2, 0) is 16.6 Å². The lowest BCUT2D eigenvalue weighted by atomic mass is 9.94. The molecule has 0 bridgehead atoms. The van der Waals surface area contributed by atoms with E-state index in [0.717, 1.165) is 0 Å². The number of likely N-dealkylation sites (N-methyl/N-ethyl adjacent to an activating group) is 1. The van der Waals surface area contributed by atoms with Gasteiger partial charge in [0.1, 0.15) is 17.3 Å². The van der Waals surface area contributed by atoms with Crippen molar-refractivity contribution in [2.75, 3.05) is 41.4 Å². The van der Waals surface area contributed by atoms with Gasteiger partial charge in [-0.25, -0.2) is 0 Å². The molecule has 9 heteroatoms. The molecule has 1 N–H and O–H groups in total. The van der Waals surface area contributed by atoms with E-state index in [1.807, 2.05) is 19.0 Å². The summed E-state index contributed by atoms with van der Waals surface area (Å²) < 4.78 is 12.6. The highest BCUT2D eigenvalue weighted by atomic mass is 16.5. The van der Waals surface area contributed by atoms with Crippen LogP contribution in [0.25, 0.3) is 5.76 Å². The van der Waals surface area contributed by atoms with Gasteiger partial charge in [-0.05, 0) is 46.1 Å². The average molecular weight is 443 g/mol. The van der Waals surface area contributed by atoms with Crippen molar-refractivity contribution < 1.29 is 24.2 Å². The highest BCUT2D eigenvalue weighted by Crippen LogP contribution is 2.44. The molecule has 0 aliphatic carbocycles. The number of amides is 1. The highest BCUT2D eigenvalue weighted by Gasteiger charge is 2.47. The Kier molecular flexibility index (Phi) is 6.59. The van der Waals surface area contributed by atoms with Crippen LogP contribution in [0.4, 0.5) is 0 Å².